The largest absolute Gasteiger partial charge is 0.334 e. The van der Waals surface area contributed by atoms with Crippen LogP contribution in [0.4, 0.5) is 0 Å². The fraction of sp³-hybridized carbons (Fsp3) is 0.0588. The maximum absolute atomic E-state index is 5.34. The van der Waals surface area contributed by atoms with Gasteiger partial charge in [0.1, 0.15) is 12.1 Å². The highest BCUT2D eigenvalue weighted by Gasteiger charge is 2.11. The Labute approximate surface area is 132 Å². The van der Waals surface area contributed by atoms with E-state index in [0.717, 1.165) is 16.9 Å². The van der Waals surface area contributed by atoms with E-state index in [1.165, 1.54) is 5.56 Å². The zero-order chi connectivity index (χ0) is 15.6. The Morgan fingerprint density at radius 1 is 1.00 bits per heavy atom. The molecule has 6 nitrogen and oxygen atoms in total. The molecule has 0 radical (unpaired) electrons. The van der Waals surface area contributed by atoms with Crippen LogP contribution in [0.2, 0.25) is 0 Å². The summed E-state index contributed by atoms with van der Waals surface area (Å²) in [6.07, 6.45) is 6.97. The highest BCUT2D eigenvalue weighted by atomic mass is 16.5. The first kappa shape index (κ1) is 13.4. The molecule has 3 aromatic heterocycles. The van der Waals surface area contributed by atoms with Gasteiger partial charge in [-0.1, -0.05) is 22.9 Å². The molecule has 0 bridgehead atoms. The van der Waals surface area contributed by atoms with Gasteiger partial charge in [0.05, 0.1) is 0 Å². The first-order valence-corrected chi connectivity index (χ1v) is 7.15. The Bertz CT molecular complexity index is 909. The Morgan fingerprint density at radius 3 is 2.52 bits per heavy atom. The van der Waals surface area contributed by atoms with Gasteiger partial charge in [0.25, 0.3) is 5.89 Å². The van der Waals surface area contributed by atoms with Crippen molar-refractivity contribution in [3.05, 3.63) is 66.9 Å². The van der Waals surface area contributed by atoms with E-state index in [4.69, 9.17) is 4.52 Å². The van der Waals surface area contributed by atoms with Crippen molar-refractivity contribution in [1.82, 2.24) is 24.7 Å². The average molecular weight is 303 g/mol. The van der Waals surface area contributed by atoms with Gasteiger partial charge < -0.3 is 4.52 Å². The van der Waals surface area contributed by atoms with Crippen LogP contribution in [-0.4, -0.2) is 24.7 Å². The van der Waals surface area contributed by atoms with E-state index in [9.17, 15) is 0 Å². The smallest absolute Gasteiger partial charge is 0.258 e. The van der Waals surface area contributed by atoms with E-state index < -0.39 is 0 Å². The molecule has 0 fully saturated rings. The molecular formula is C17H13N5O. The van der Waals surface area contributed by atoms with Gasteiger partial charge in [-0.25, -0.2) is 9.97 Å². The Kier molecular flexibility index (Phi) is 3.20. The third-order valence-electron chi connectivity index (χ3n) is 3.50. The maximum Gasteiger partial charge on any atom is 0.258 e. The number of benzene rings is 1. The van der Waals surface area contributed by atoms with Gasteiger partial charge in [0.2, 0.25) is 5.82 Å². The van der Waals surface area contributed by atoms with E-state index >= 15 is 0 Å². The molecule has 0 amide bonds. The third-order valence-corrected chi connectivity index (χ3v) is 3.50. The van der Waals surface area contributed by atoms with E-state index in [2.05, 4.69) is 20.1 Å². The number of aryl methyl sites for hydroxylation is 1. The van der Waals surface area contributed by atoms with Crippen molar-refractivity contribution in [2.45, 2.75) is 6.92 Å². The first-order chi connectivity index (χ1) is 11.3. The number of nitrogens with zero attached hydrogens (tertiary/aromatic N) is 5. The van der Waals surface area contributed by atoms with Gasteiger partial charge in [-0.05, 0) is 31.2 Å². The summed E-state index contributed by atoms with van der Waals surface area (Å²) in [4.78, 5) is 12.8. The minimum Gasteiger partial charge on any atom is -0.334 e. The van der Waals surface area contributed by atoms with Crippen LogP contribution < -0.4 is 0 Å². The van der Waals surface area contributed by atoms with Crippen LogP contribution in [0.3, 0.4) is 0 Å². The minimum absolute atomic E-state index is 0.499. The molecule has 1 aromatic carbocycles. The van der Waals surface area contributed by atoms with Crippen molar-refractivity contribution in [2.24, 2.45) is 0 Å². The summed E-state index contributed by atoms with van der Waals surface area (Å²) in [6, 6.07) is 11.8. The van der Waals surface area contributed by atoms with Crippen molar-refractivity contribution in [3.8, 4) is 28.7 Å². The topological polar surface area (TPSA) is 69.6 Å². The molecular weight excluding hydrogens is 290 g/mol. The highest BCUT2D eigenvalue weighted by Crippen LogP contribution is 2.22. The first-order valence-electron chi connectivity index (χ1n) is 7.15. The van der Waals surface area contributed by atoms with E-state index in [0.29, 0.717) is 11.7 Å². The van der Waals surface area contributed by atoms with Crippen LogP contribution in [0.1, 0.15) is 5.56 Å². The number of hydrogen-bond donors (Lipinski definition) is 0. The fourth-order valence-electron chi connectivity index (χ4n) is 2.22. The lowest BCUT2D eigenvalue weighted by Gasteiger charge is -2.00. The molecule has 4 aromatic rings. The lowest BCUT2D eigenvalue weighted by atomic mass is 10.1. The molecule has 23 heavy (non-hydrogen) atoms. The van der Waals surface area contributed by atoms with Crippen LogP contribution in [0.5, 0.6) is 0 Å². The van der Waals surface area contributed by atoms with Crippen molar-refractivity contribution in [3.63, 3.8) is 0 Å². The van der Waals surface area contributed by atoms with Crippen molar-refractivity contribution >= 4 is 0 Å². The summed E-state index contributed by atoms with van der Waals surface area (Å²) in [5.74, 6) is 1.80. The minimum atomic E-state index is 0.499. The number of imidazole rings is 1. The van der Waals surface area contributed by atoms with E-state index in [1.54, 1.807) is 18.7 Å². The highest BCUT2D eigenvalue weighted by molar-refractivity contribution is 5.59. The van der Waals surface area contributed by atoms with Gasteiger partial charge in [-0.15, -0.1) is 0 Å². The van der Waals surface area contributed by atoms with Crippen molar-refractivity contribution < 1.29 is 4.52 Å². The van der Waals surface area contributed by atoms with Crippen LogP contribution in [0, 0.1) is 6.92 Å². The molecule has 0 aliphatic rings. The molecule has 112 valence electrons. The summed E-state index contributed by atoms with van der Waals surface area (Å²) >= 11 is 0. The molecule has 0 saturated carbocycles. The lowest BCUT2D eigenvalue weighted by molar-refractivity contribution is 0.432. The molecule has 3 heterocycles. The van der Waals surface area contributed by atoms with Gasteiger partial charge in [-0.3, -0.25) is 4.57 Å². The van der Waals surface area contributed by atoms with Crippen molar-refractivity contribution in [2.75, 3.05) is 0 Å². The zero-order valence-corrected chi connectivity index (χ0v) is 12.4. The quantitative estimate of drug-likeness (QED) is 0.581. The van der Waals surface area contributed by atoms with Crippen LogP contribution in [0.15, 0.2) is 65.8 Å². The summed E-state index contributed by atoms with van der Waals surface area (Å²) in [6.45, 7) is 2.04. The molecule has 0 saturated heterocycles. The predicted octanol–water partition coefficient (Wildman–Crippen LogP) is 3.29. The number of aromatic nitrogens is 5. The third kappa shape index (κ3) is 2.62. The van der Waals surface area contributed by atoms with Gasteiger partial charge in [-0.2, -0.15) is 4.98 Å². The lowest BCUT2D eigenvalue weighted by Crippen LogP contribution is -1.94. The normalized spacial score (nSPS) is 10.8. The molecule has 0 aliphatic carbocycles. The Morgan fingerprint density at radius 2 is 1.83 bits per heavy atom. The summed E-state index contributed by atoms with van der Waals surface area (Å²) in [7, 11) is 0. The fourth-order valence-corrected chi connectivity index (χ4v) is 2.22. The average Bonchev–Trinajstić information content (AvgIpc) is 3.28. The standard InChI is InChI=1S/C17H13N5O/c1-12-2-4-13(5-3-12)17-20-16(21-23-17)14-6-7-15(19-10-14)22-9-8-18-11-22/h2-11H,1H3. The SMILES string of the molecule is Cc1ccc(-c2nc(-c3ccc(-n4ccnc4)nc3)no2)cc1. The van der Waals surface area contributed by atoms with E-state index in [1.807, 2.05) is 54.1 Å². The molecule has 0 unspecified atom stereocenters. The molecule has 0 spiro atoms. The van der Waals surface area contributed by atoms with Gasteiger partial charge >= 0.3 is 0 Å². The molecule has 0 aliphatic heterocycles. The van der Waals surface area contributed by atoms with Gasteiger partial charge in [0, 0.05) is 29.7 Å². The Balaban J connectivity index is 1.62. The second-order valence-electron chi connectivity index (χ2n) is 5.16. The summed E-state index contributed by atoms with van der Waals surface area (Å²) in [5.41, 5.74) is 2.89. The van der Waals surface area contributed by atoms with Crippen LogP contribution in [-0.2, 0) is 0 Å². The van der Waals surface area contributed by atoms with Crippen LogP contribution in [0.25, 0.3) is 28.7 Å². The molecule has 0 atom stereocenters. The van der Waals surface area contributed by atoms with E-state index in [-0.39, 0.29) is 0 Å². The number of pyridine rings is 1. The van der Waals surface area contributed by atoms with Gasteiger partial charge in [0.15, 0.2) is 0 Å². The molecule has 4 rings (SSSR count). The maximum atomic E-state index is 5.34. The predicted molar refractivity (Wildman–Crippen MR) is 84.8 cm³/mol. The Hall–Kier alpha value is -3.28. The monoisotopic (exact) mass is 303 g/mol. The molecule has 0 N–H and O–H groups in total. The molecule has 6 heteroatoms. The van der Waals surface area contributed by atoms with Crippen LogP contribution >= 0.6 is 0 Å². The second-order valence-corrected chi connectivity index (χ2v) is 5.16. The second kappa shape index (κ2) is 5.49. The van der Waals surface area contributed by atoms with Crippen molar-refractivity contribution in [1.29, 1.82) is 0 Å². The zero-order valence-electron chi connectivity index (χ0n) is 12.4. The number of rotatable bonds is 3. The number of hydrogen-bond acceptors (Lipinski definition) is 5. The summed E-state index contributed by atoms with van der Waals surface area (Å²) in [5, 5.41) is 4.03. The summed E-state index contributed by atoms with van der Waals surface area (Å²) < 4.78 is 7.17.